The normalized spacial score (nSPS) is 13.0. The Kier molecular flexibility index (Phi) is 7.33. The molecule has 0 nitrogen and oxygen atoms in total. The number of rotatable bonds is 7. The standard InChI is InChI=1S/C29H26P2/c1-3-29(31(27-20-12-6-13-21-27)28-22-14-7-15-23-28)24(2)30(25-16-8-4-9-17-25)26-18-10-5-11-19-26/h1,4-24,29H,2H3/t24-,29-/m1/s1. The molecule has 0 aromatic heterocycles. The van der Waals surface area contributed by atoms with E-state index in [1.54, 1.807) is 0 Å². The number of benzene rings is 4. The molecule has 0 saturated heterocycles. The molecule has 4 rings (SSSR count). The topological polar surface area (TPSA) is 0 Å². The van der Waals surface area contributed by atoms with Gasteiger partial charge in [0.1, 0.15) is 0 Å². The molecule has 4 aromatic rings. The second-order valence-corrected chi connectivity index (χ2v) is 12.4. The Morgan fingerprint density at radius 2 is 0.806 bits per heavy atom. The van der Waals surface area contributed by atoms with E-state index in [2.05, 4.69) is 134 Å². The van der Waals surface area contributed by atoms with E-state index in [-0.39, 0.29) is 5.66 Å². The van der Waals surface area contributed by atoms with Crippen molar-refractivity contribution in [2.24, 2.45) is 0 Å². The van der Waals surface area contributed by atoms with Crippen LogP contribution in [0.1, 0.15) is 6.92 Å². The summed E-state index contributed by atoms with van der Waals surface area (Å²) in [6.07, 6.45) is 6.32. The summed E-state index contributed by atoms with van der Waals surface area (Å²) in [7, 11) is -1.28. The predicted molar refractivity (Wildman–Crippen MR) is 140 cm³/mol. The molecule has 0 aliphatic heterocycles. The largest absolute Gasteiger partial charge is 0.119 e. The van der Waals surface area contributed by atoms with Crippen molar-refractivity contribution in [1.82, 2.24) is 0 Å². The molecule has 31 heavy (non-hydrogen) atoms. The first-order valence-corrected chi connectivity index (χ1v) is 13.4. The molecule has 0 aliphatic rings. The van der Waals surface area contributed by atoms with Gasteiger partial charge in [-0.25, -0.2) is 0 Å². The highest BCUT2D eigenvalue weighted by Crippen LogP contribution is 2.51. The van der Waals surface area contributed by atoms with Crippen LogP contribution in [0.15, 0.2) is 121 Å². The highest BCUT2D eigenvalue weighted by Gasteiger charge is 2.33. The van der Waals surface area contributed by atoms with Gasteiger partial charge in [0.15, 0.2) is 0 Å². The van der Waals surface area contributed by atoms with E-state index in [1.165, 1.54) is 21.2 Å². The summed E-state index contributed by atoms with van der Waals surface area (Å²) in [6, 6.07) is 43.4. The van der Waals surface area contributed by atoms with Gasteiger partial charge in [-0.3, -0.25) is 0 Å². The molecule has 152 valence electrons. The molecule has 4 aromatic carbocycles. The molecule has 0 spiro atoms. The summed E-state index contributed by atoms with van der Waals surface area (Å²) in [5, 5.41) is 5.45. The van der Waals surface area contributed by atoms with E-state index in [9.17, 15) is 0 Å². The molecule has 0 N–H and O–H groups in total. The zero-order chi connectivity index (χ0) is 21.5. The summed E-state index contributed by atoms with van der Waals surface area (Å²) < 4.78 is 0. The molecular weight excluding hydrogens is 410 g/mol. The Labute approximate surface area is 188 Å². The molecule has 2 heteroatoms. The van der Waals surface area contributed by atoms with Crippen molar-refractivity contribution in [1.29, 1.82) is 0 Å². The molecule has 0 heterocycles. The molecule has 0 radical (unpaired) electrons. The van der Waals surface area contributed by atoms with Gasteiger partial charge in [-0.1, -0.05) is 134 Å². The lowest BCUT2D eigenvalue weighted by atomic mass is 10.3. The highest BCUT2D eigenvalue weighted by atomic mass is 31.1. The van der Waals surface area contributed by atoms with E-state index in [0.717, 1.165) is 0 Å². The first-order valence-electron chi connectivity index (χ1n) is 10.5. The lowest BCUT2D eigenvalue weighted by Crippen LogP contribution is -2.32. The molecule has 0 aliphatic carbocycles. The van der Waals surface area contributed by atoms with Crippen LogP contribution in [0.25, 0.3) is 0 Å². The predicted octanol–water partition coefficient (Wildman–Crippen LogP) is 5.64. The Morgan fingerprint density at radius 3 is 1.10 bits per heavy atom. The average molecular weight is 436 g/mol. The lowest BCUT2D eigenvalue weighted by Gasteiger charge is -2.35. The molecular formula is C29H26P2. The van der Waals surface area contributed by atoms with Crippen molar-refractivity contribution in [3.63, 3.8) is 0 Å². The Morgan fingerprint density at radius 1 is 0.516 bits per heavy atom. The summed E-state index contributed by atoms with van der Waals surface area (Å²) >= 11 is 0. The Hall–Kier alpha value is -2.70. The zero-order valence-electron chi connectivity index (χ0n) is 17.7. The van der Waals surface area contributed by atoms with Crippen LogP contribution in [-0.4, -0.2) is 11.3 Å². The van der Waals surface area contributed by atoms with E-state index in [1.807, 2.05) is 0 Å². The van der Waals surface area contributed by atoms with Crippen LogP contribution < -0.4 is 21.2 Å². The average Bonchev–Trinajstić information content (AvgIpc) is 2.85. The van der Waals surface area contributed by atoms with Crippen molar-refractivity contribution in [3.05, 3.63) is 121 Å². The summed E-state index contributed by atoms with van der Waals surface area (Å²) in [5.41, 5.74) is 0.461. The van der Waals surface area contributed by atoms with Gasteiger partial charge < -0.3 is 0 Å². The Bertz CT molecular complexity index is 1020. The summed E-state index contributed by atoms with van der Waals surface area (Å²) in [5.74, 6) is 3.26. The van der Waals surface area contributed by atoms with Gasteiger partial charge in [0.25, 0.3) is 0 Å². The fraction of sp³-hybridized carbons (Fsp3) is 0.103. The van der Waals surface area contributed by atoms with Crippen molar-refractivity contribution >= 4 is 37.1 Å². The van der Waals surface area contributed by atoms with Crippen LogP contribution in [-0.2, 0) is 0 Å². The molecule has 0 saturated carbocycles. The van der Waals surface area contributed by atoms with Crippen LogP contribution in [0.5, 0.6) is 0 Å². The molecule has 0 fully saturated rings. The second kappa shape index (κ2) is 10.6. The smallest absolute Gasteiger partial charge is 0.0552 e. The minimum absolute atomic E-state index is 0.131. The molecule has 0 unspecified atom stereocenters. The third-order valence-electron chi connectivity index (χ3n) is 5.45. The fourth-order valence-corrected chi connectivity index (χ4v) is 9.92. The van der Waals surface area contributed by atoms with Gasteiger partial charge in [-0.05, 0) is 37.1 Å². The maximum absolute atomic E-state index is 6.32. The quantitative estimate of drug-likeness (QED) is 0.260. The third-order valence-corrected chi connectivity index (χ3v) is 11.4. The maximum atomic E-state index is 6.32. The zero-order valence-corrected chi connectivity index (χ0v) is 19.5. The van der Waals surface area contributed by atoms with Crippen LogP contribution in [0.4, 0.5) is 0 Å². The van der Waals surface area contributed by atoms with Crippen LogP contribution >= 0.6 is 15.8 Å². The lowest BCUT2D eigenvalue weighted by molar-refractivity contribution is 1.01. The van der Waals surface area contributed by atoms with E-state index < -0.39 is 15.8 Å². The van der Waals surface area contributed by atoms with Crippen molar-refractivity contribution < 1.29 is 0 Å². The minimum atomic E-state index is -0.687. The van der Waals surface area contributed by atoms with Gasteiger partial charge in [0.05, 0.1) is 5.66 Å². The monoisotopic (exact) mass is 436 g/mol. The maximum Gasteiger partial charge on any atom is 0.0552 e. The van der Waals surface area contributed by atoms with Gasteiger partial charge in [-0.2, -0.15) is 0 Å². The van der Waals surface area contributed by atoms with Crippen LogP contribution in [0.3, 0.4) is 0 Å². The Balaban J connectivity index is 1.82. The second-order valence-electron chi connectivity index (χ2n) is 7.43. The fourth-order valence-electron chi connectivity index (χ4n) is 4.01. The minimum Gasteiger partial charge on any atom is -0.119 e. The van der Waals surface area contributed by atoms with Gasteiger partial charge in [0, 0.05) is 5.66 Å². The number of hydrogen-bond acceptors (Lipinski definition) is 0. The first kappa shape index (κ1) is 21.5. The molecule has 0 amide bonds. The SMILES string of the molecule is C#C[C@H]([C@@H](C)P(c1ccccc1)c1ccccc1)P(c1ccccc1)c1ccccc1. The van der Waals surface area contributed by atoms with E-state index in [0.29, 0.717) is 5.66 Å². The van der Waals surface area contributed by atoms with E-state index in [4.69, 9.17) is 6.42 Å². The molecule has 2 atom stereocenters. The molecule has 0 bridgehead atoms. The van der Waals surface area contributed by atoms with Crippen molar-refractivity contribution in [3.8, 4) is 12.3 Å². The third kappa shape index (κ3) is 4.97. The highest BCUT2D eigenvalue weighted by molar-refractivity contribution is 7.77. The van der Waals surface area contributed by atoms with Gasteiger partial charge >= 0.3 is 0 Å². The van der Waals surface area contributed by atoms with Gasteiger partial charge in [0.2, 0.25) is 0 Å². The van der Waals surface area contributed by atoms with Crippen LogP contribution in [0, 0.1) is 12.3 Å². The first-order chi connectivity index (χ1) is 15.3. The van der Waals surface area contributed by atoms with Crippen molar-refractivity contribution in [2.75, 3.05) is 0 Å². The van der Waals surface area contributed by atoms with Crippen LogP contribution in [0.2, 0.25) is 0 Å². The summed E-state index contributed by atoms with van der Waals surface area (Å²) in [4.78, 5) is 0. The summed E-state index contributed by atoms with van der Waals surface area (Å²) in [6.45, 7) is 2.36. The van der Waals surface area contributed by atoms with Gasteiger partial charge in [-0.15, -0.1) is 6.42 Å². The van der Waals surface area contributed by atoms with Crippen molar-refractivity contribution in [2.45, 2.75) is 18.2 Å². The number of hydrogen-bond donors (Lipinski definition) is 0. The number of terminal acetylenes is 1. The van der Waals surface area contributed by atoms with E-state index >= 15 is 0 Å².